The van der Waals surface area contributed by atoms with Gasteiger partial charge in [-0.3, -0.25) is 4.79 Å². The number of aliphatic hydroxyl groups is 1. The van der Waals surface area contributed by atoms with Gasteiger partial charge in [0.1, 0.15) is 11.6 Å². The number of halogens is 2. The van der Waals surface area contributed by atoms with E-state index < -0.39 is 35.9 Å². The summed E-state index contributed by atoms with van der Waals surface area (Å²) in [5.41, 5.74) is 0.215. The molecule has 1 aromatic rings. The van der Waals surface area contributed by atoms with E-state index in [1.807, 2.05) is 0 Å². The minimum atomic E-state index is -1.36. The molecule has 0 spiro atoms. The van der Waals surface area contributed by atoms with Crippen molar-refractivity contribution in [3.63, 3.8) is 0 Å². The van der Waals surface area contributed by atoms with E-state index in [2.05, 4.69) is 16.0 Å². The van der Waals surface area contributed by atoms with Crippen molar-refractivity contribution in [2.24, 2.45) is 0 Å². The number of hydrogen-bond donors (Lipinski definition) is 5. The summed E-state index contributed by atoms with van der Waals surface area (Å²) >= 11 is 0. The number of aliphatic hydroxyl groups excluding tert-OH is 1. The smallest absolute Gasteiger partial charge is 0.404 e. The van der Waals surface area contributed by atoms with Crippen LogP contribution in [0.2, 0.25) is 0 Å². The van der Waals surface area contributed by atoms with Gasteiger partial charge in [0.05, 0.1) is 18.2 Å². The van der Waals surface area contributed by atoms with Crippen molar-refractivity contribution < 1.29 is 28.6 Å². The van der Waals surface area contributed by atoms with Gasteiger partial charge >= 0.3 is 6.09 Å². The minimum Gasteiger partial charge on any atom is -0.465 e. The molecule has 0 aliphatic carbocycles. The van der Waals surface area contributed by atoms with Crippen molar-refractivity contribution in [3.05, 3.63) is 35.4 Å². The van der Waals surface area contributed by atoms with Crippen LogP contribution in [0.15, 0.2) is 18.2 Å². The van der Waals surface area contributed by atoms with Crippen LogP contribution in [0.5, 0.6) is 0 Å². The highest BCUT2D eigenvalue weighted by Gasteiger charge is 2.25. The molecule has 1 aliphatic rings. The molecular formula is C17H23F2N3O4. The van der Waals surface area contributed by atoms with Gasteiger partial charge in [-0.15, -0.1) is 0 Å². The Morgan fingerprint density at radius 1 is 1.27 bits per heavy atom. The molecule has 1 aliphatic heterocycles. The van der Waals surface area contributed by atoms with Gasteiger partial charge in [-0.05, 0) is 43.4 Å². The first kappa shape index (κ1) is 20.1. The molecule has 7 nitrogen and oxygen atoms in total. The van der Waals surface area contributed by atoms with Crippen molar-refractivity contribution in [3.8, 4) is 0 Å². The average molecular weight is 371 g/mol. The zero-order chi connectivity index (χ0) is 19.1. The lowest BCUT2D eigenvalue weighted by Gasteiger charge is -2.25. The number of carbonyl (C=O) groups is 2. The predicted octanol–water partition coefficient (Wildman–Crippen LogP) is 0.763. The third-order valence-corrected chi connectivity index (χ3v) is 4.26. The average Bonchev–Trinajstić information content (AvgIpc) is 2.75. The number of amides is 2. The lowest BCUT2D eigenvalue weighted by molar-refractivity contribution is -0.123. The molecule has 0 saturated carbocycles. The Balaban J connectivity index is 2.00. The van der Waals surface area contributed by atoms with Crippen molar-refractivity contribution >= 4 is 12.0 Å². The standard InChI is InChI=1S/C17H23F2N3O4/c18-11-5-10(6-12(19)8-11)7-14(22-17(25)26)15(23)9-21-13-3-1-2-4-20-16(13)24/h5-6,8,13-15,21-23H,1-4,7,9H2,(H,20,24)(H,25,26)/t13-,14-,15+/m0/s1. The summed E-state index contributed by atoms with van der Waals surface area (Å²) in [7, 11) is 0. The SMILES string of the molecule is O=C(O)N[C@@H](Cc1cc(F)cc(F)c1)[C@H](O)CN[C@H]1CCCCNC1=O. The van der Waals surface area contributed by atoms with Crippen LogP contribution in [-0.2, 0) is 11.2 Å². The van der Waals surface area contributed by atoms with Crippen LogP contribution < -0.4 is 16.0 Å². The Labute approximate surface area is 149 Å². The van der Waals surface area contributed by atoms with Crippen molar-refractivity contribution in [1.82, 2.24) is 16.0 Å². The van der Waals surface area contributed by atoms with Crippen LogP contribution in [0.4, 0.5) is 13.6 Å². The quantitative estimate of drug-likeness (QED) is 0.486. The molecule has 144 valence electrons. The first-order chi connectivity index (χ1) is 12.3. The van der Waals surface area contributed by atoms with Gasteiger partial charge in [0.15, 0.2) is 0 Å². The van der Waals surface area contributed by atoms with E-state index in [1.165, 1.54) is 0 Å². The largest absolute Gasteiger partial charge is 0.465 e. The second kappa shape index (κ2) is 9.44. The van der Waals surface area contributed by atoms with Gasteiger partial charge in [-0.25, -0.2) is 13.6 Å². The predicted molar refractivity (Wildman–Crippen MR) is 89.7 cm³/mol. The maximum atomic E-state index is 13.3. The summed E-state index contributed by atoms with van der Waals surface area (Å²) in [5, 5.41) is 27.1. The fourth-order valence-electron chi connectivity index (χ4n) is 2.96. The molecule has 2 rings (SSSR count). The van der Waals surface area contributed by atoms with E-state index >= 15 is 0 Å². The molecule has 5 N–H and O–H groups in total. The fraction of sp³-hybridized carbons (Fsp3) is 0.529. The summed E-state index contributed by atoms with van der Waals surface area (Å²) in [5.74, 6) is -1.72. The van der Waals surface area contributed by atoms with Gasteiger partial charge in [-0.1, -0.05) is 0 Å². The van der Waals surface area contributed by atoms with Gasteiger partial charge in [0.25, 0.3) is 0 Å². The highest BCUT2D eigenvalue weighted by atomic mass is 19.1. The first-order valence-electron chi connectivity index (χ1n) is 8.48. The van der Waals surface area contributed by atoms with E-state index in [0.717, 1.165) is 25.0 Å². The third-order valence-electron chi connectivity index (χ3n) is 4.26. The van der Waals surface area contributed by atoms with Crippen LogP contribution in [0.3, 0.4) is 0 Å². The molecule has 26 heavy (non-hydrogen) atoms. The van der Waals surface area contributed by atoms with Gasteiger partial charge < -0.3 is 26.2 Å². The fourth-order valence-corrected chi connectivity index (χ4v) is 2.96. The summed E-state index contributed by atoms with van der Waals surface area (Å²) < 4.78 is 26.6. The second-order valence-electron chi connectivity index (χ2n) is 6.35. The Morgan fingerprint density at radius 2 is 1.96 bits per heavy atom. The lowest BCUT2D eigenvalue weighted by atomic mass is 10.0. The van der Waals surface area contributed by atoms with Crippen LogP contribution in [0.25, 0.3) is 0 Å². The number of carboxylic acid groups (broad SMARTS) is 1. The Hall–Kier alpha value is -2.26. The highest BCUT2D eigenvalue weighted by molar-refractivity contribution is 5.81. The first-order valence-corrected chi connectivity index (χ1v) is 8.48. The molecule has 9 heteroatoms. The molecule has 0 bridgehead atoms. The van der Waals surface area contributed by atoms with Crippen molar-refractivity contribution in [2.45, 2.75) is 43.9 Å². The van der Waals surface area contributed by atoms with E-state index in [0.29, 0.717) is 19.0 Å². The summed E-state index contributed by atoms with van der Waals surface area (Å²) in [4.78, 5) is 22.9. The Morgan fingerprint density at radius 3 is 2.62 bits per heavy atom. The Kier molecular flexibility index (Phi) is 7.28. The van der Waals surface area contributed by atoms with Crippen LogP contribution in [0.1, 0.15) is 24.8 Å². The number of nitrogens with one attached hydrogen (secondary N) is 3. The molecule has 2 amide bonds. The summed E-state index contributed by atoms with van der Waals surface area (Å²) in [6.45, 7) is 0.564. The molecule has 1 aromatic carbocycles. The lowest BCUT2D eigenvalue weighted by Crippen LogP contribution is -2.52. The maximum absolute atomic E-state index is 13.3. The zero-order valence-electron chi connectivity index (χ0n) is 14.2. The molecule has 0 unspecified atom stereocenters. The number of hydrogen-bond acceptors (Lipinski definition) is 4. The van der Waals surface area contributed by atoms with E-state index in [-0.39, 0.29) is 24.4 Å². The molecule has 1 heterocycles. The number of rotatable bonds is 7. The van der Waals surface area contributed by atoms with E-state index in [1.54, 1.807) is 0 Å². The molecule has 1 saturated heterocycles. The summed E-state index contributed by atoms with van der Waals surface area (Å²) in [6, 6.07) is 1.42. The summed E-state index contributed by atoms with van der Waals surface area (Å²) in [6.07, 6.45) is -0.301. The van der Waals surface area contributed by atoms with Crippen molar-refractivity contribution in [1.29, 1.82) is 0 Å². The monoisotopic (exact) mass is 371 g/mol. The molecular weight excluding hydrogens is 348 g/mol. The van der Waals surface area contributed by atoms with Gasteiger partial charge in [-0.2, -0.15) is 0 Å². The molecule has 3 atom stereocenters. The van der Waals surface area contributed by atoms with Crippen LogP contribution >= 0.6 is 0 Å². The minimum absolute atomic E-state index is 0.0408. The van der Waals surface area contributed by atoms with Gasteiger partial charge in [0.2, 0.25) is 5.91 Å². The number of benzene rings is 1. The molecule has 1 fully saturated rings. The number of carbonyl (C=O) groups excluding carboxylic acids is 1. The van der Waals surface area contributed by atoms with Crippen molar-refractivity contribution in [2.75, 3.05) is 13.1 Å². The van der Waals surface area contributed by atoms with E-state index in [9.17, 15) is 23.5 Å². The zero-order valence-corrected chi connectivity index (χ0v) is 14.2. The topological polar surface area (TPSA) is 111 Å². The normalized spacial score (nSPS) is 20.0. The highest BCUT2D eigenvalue weighted by Crippen LogP contribution is 2.12. The van der Waals surface area contributed by atoms with Crippen LogP contribution in [0, 0.1) is 11.6 Å². The van der Waals surface area contributed by atoms with Crippen LogP contribution in [-0.4, -0.2) is 53.5 Å². The maximum Gasteiger partial charge on any atom is 0.404 e. The third kappa shape index (κ3) is 6.23. The van der Waals surface area contributed by atoms with E-state index in [4.69, 9.17) is 5.11 Å². The second-order valence-corrected chi connectivity index (χ2v) is 6.35. The molecule has 0 radical (unpaired) electrons. The molecule has 0 aromatic heterocycles. The Bertz CT molecular complexity index is 624. The van der Waals surface area contributed by atoms with Gasteiger partial charge in [0, 0.05) is 19.2 Å².